The Bertz CT molecular complexity index is 871. The first-order valence-electron chi connectivity index (χ1n) is 11.5. The number of aryl methyl sites for hydroxylation is 2. The van der Waals surface area contributed by atoms with E-state index in [1.807, 2.05) is 23.4 Å². The summed E-state index contributed by atoms with van der Waals surface area (Å²) in [6.45, 7) is 3.11. The van der Waals surface area contributed by atoms with Crippen molar-refractivity contribution in [3.8, 4) is 0 Å². The van der Waals surface area contributed by atoms with E-state index in [2.05, 4.69) is 49.4 Å². The van der Waals surface area contributed by atoms with Gasteiger partial charge in [-0.3, -0.25) is 9.79 Å². The molecule has 1 atom stereocenters. The van der Waals surface area contributed by atoms with E-state index in [1.165, 1.54) is 18.4 Å². The Balaban J connectivity index is 1.24. The van der Waals surface area contributed by atoms with Crippen LogP contribution in [0.15, 0.2) is 47.7 Å². The summed E-state index contributed by atoms with van der Waals surface area (Å²) in [6, 6.07) is 10.8. The van der Waals surface area contributed by atoms with E-state index in [0.29, 0.717) is 12.5 Å². The van der Waals surface area contributed by atoms with E-state index in [4.69, 9.17) is 0 Å². The largest absolute Gasteiger partial charge is 0.352 e. The van der Waals surface area contributed by atoms with E-state index in [1.54, 1.807) is 7.05 Å². The number of nitrogens with one attached hydrogen (secondary N) is 2. The molecule has 1 aliphatic carbocycles. The smallest absolute Gasteiger partial charge is 0.225 e. The Morgan fingerprint density at radius 2 is 2.00 bits per heavy atom. The molecule has 7 nitrogen and oxygen atoms in total. The highest BCUT2D eigenvalue weighted by atomic mass is 16.2. The number of hydrogen-bond donors (Lipinski definition) is 2. The van der Waals surface area contributed by atoms with Crippen LogP contribution in [0.5, 0.6) is 0 Å². The third-order valence-corrected chi connectivity index (χ3v) is 6.47. The summed E-state index contributed by atoms with van der Waals surface area (Å²) >= 11 is 0. The number of aliphatic imine (C=N–C) groups is 1. The first kappa shape index (κ1) is 21.4. The topological polar surface area (TPSA) is 74.6 Å². The summed E-state index contributed by atoms with van der Waals surface area (Å²) in [7, 11) is 1.79. The Hall–Kier alpha value is -2.83. The van der Waals surface area contributed by atoms with Crippen LogP contribution in [-0.4, -0.2) is 52.5 Å². The van der Waals surface area contributed by atoms with Gasteiger partial charge in [0, 0.05) is 51.0 Å². The zero-order chi connectivity index (χ0) is 21.5. The molecule has 0 spiro atoms. The average Bonchev–Trinajstić information content (AvgIpc) is 3.57. The fourth-order valence-corrected chi connectivity index (χ4v) is 4.67. The molecule has 31 heavy (non-hydrogen) atoms. The van der Waals surface area contributed by atoms with Crippen molar-refractivity contribution >= 4 is 11.9 Å². The number of amides is 1. The minimum atomic E-state index is 0.245. The van der Waals surface area contributed by atoms with Crippen molar-refractivity contribution in [2.45, 2.75) is 57.7 Å². The zero-order valence-corrected chi connectivity index (χ0v) is 18.5. The predicted octanol–water partition coefficient (Wildman–Crippen LogP) is 2.58. The Morgan fingerprint density at radius 1 is 1.19 bits per heavy atom. The summed E-state index contributed by atoms with van der Waals surface area (Å²) in [4.78, 5) is 23.6. The van der Waals surface area contributed by atoms with Gasteiger partial charge in [0.2, 0.25) is 5.91 Å². The van der Waals surface area contributed by atoms with E-state index in [-0.39, 0.29) is 12.0 Å². The SMILES string of the molecule is CN=C(NCc1nccn1CCc1ccccc1)NC1CCN(C(=O)C2CCCC2)C1. The number of guanidine groups is 1. The van der Waals surface area contributed by atoms with Gasteiger partial charge in [-0.1, -0.05) is 43.2 Å². The molecule has 166 valence electrons. The lowest BCUT2D eigenvalue weighted by Crippen LogP contribution is -2.45. The molecule has 1 amide bonds. The van der Waals surface area contributed by atoms with Gasteiger partial charge in [-0.05, 0) is 31.2 Å². The van der Waals surface area contributed by atoms with E-state index in [0.717, 1.165) is 57.1 Å². The molecule has 1 aliphatic heterocycles. The van der Waals surface area contributed by atoms with E-state index < -0.39 is 0 Å². The molecule has 1 unspecified atom stereocenters. The quantitative estimate of drug-likeness (QED) is 0.531. The summed E-state index contributed by atoms with van der Waals surface area (Å²) < 4.78 is 2.19. The molecule has 2 aliphatic rings. The molecular weight excluding hydrogens is 388 g/mol. The maximum absolute atomic E-state index is 12.7. The lowest BCUT2D eigenvalue weighted by Gasteiger charge is -2.21. The Kier molecular flexibility index (Phi) is 7.22. The number of benzene rings is 1. The first-order chi connectivity index (χ1) is 15.2. The first-order valence-corrected chi connectivity index (χ1v) is 11.5. The van der Waals surface area contributed by atoms with Gasteiger partial charge in [0.05, 0.1) is 6.54 Å². The van der Waals surface area contributed by atoms with Crippen molar-refractivity contribution in [2.75, 3.05) is 20.1 Å². The monoisotopic (exact) mass is 422 g/mol. The van der Waals surface area contributed by atoms with Crippen LogP contribution < -0.4 is 10.6 Å². The highest BCUT2D eigenvalue weighted by Gasteiger charge is 2.32. The number of hydrogen-bond acceptors (Lipinski definition) is 3. The van der Waals surface area contributed by atoms with Gasteiger partial charge in [-0.15, -0.1) is 0 Å². The van der Waals surface area contributed by atoms with Crippen molar-refractivity contribution < 1.29 is 4.79 Å². The second-order valence-electron chi connectivity index (χ2n) is 8.59. The number of aromatic nitrogens is 2. The average molecular weight is 423 g/mol. The number of rotatable bonds is 7. The number of nitrogens with zero attached hydrogens (tertiary/aromatic N) is 4. The maximum Gasteiger partial charge on any atom is 0.225 e. The highest BCUT2D eigenvalue weighted by molar-refractivity contribution is 5.81. The van der Waals surface area contributed by atoms with Crippen LogP contribution in [0.25, 0.3) is 0 Å². The molecule has 1 aromatic carbocycles. The van der Waals surface area contributed by atoms with Gasteiger partial charge < -0.3 is 20.1 Å². The molecule has 0 bridgehead atoms. The molecule has 1 saturated heterocycles. The molecule has 2 heterocycles. The third-order valence-electron chi connectivity index (χ3n) is 6.47. The van der Waals surface area contributed by atoms with Crippen molar-refractivity contribution in [3.05, 3.63) is 54.1 Å². The van der Waals surface area contributed by atoms with Crippen molar-refractivity contribution in [1.82, 2.24) is 25.1 Å². The van der Waals surface area contributed by atoms with Crippen molar-refractivity contribution in [2.24, 2.45) is 10.9 Å². The lowest BCUT2D eigenvalue weighted by molar-refractivity contribution is -0.134. The second-order valence-corrected chi connectivity index (χ2v) is 8.59. The van der Waals surface area contributed by atoms with Gasteiger partial charge in [-0.25, -0.2) is 4.98 Å². The molecule has 0 radical (unpaired) electrons. The molecule has 2 N–H and O–H groups in total. The minimum absolute atomic E-state index is 0.245. The van der Waals surface area contributed by atoms with Crippen LogP contribution in [0, 0.1) is 5.92 Å². The second kappa shape index (κ2) is 10.5. The third kappa shape index (κ3) is 5.66. The predicted molar refractivity (Wildman–Crippen MR) is 123 cm³/mol. The molecule has 1 aromatic heterocycles. The zero-order valence-electron chi connectivity index (χ0n) is 18.5. The van der Waals surface area contributed by atoms with Crippen LogP contribution in [0.2, 0.25) is 0 Å². The molecule has 4 rings (SSSR count). The number of likely N-dealkylation sites (tertiary alicyclic amines) is 1. The molecule has 2 aromatic rings. The summed E-state index contributed by atoms with van der Waals surface area (Å²) in [5.74, 6) is 2.36. The van der Waals surface area contributed by atoms with Crippen LogP contribution in [-0.2, 0) is 24.3 Å². The van der Waals surface area contributed by atoms with Gasteiger partial charge in [0.1, 0.15) is 5.82 Å². The van der Waals surface area contributed by atoms with Gasteiger partial charge in [0.25, 0.3) is 0 Å². The fraction of sp³-hybridized carbons (Fsp3) is 0.542. The van der Waals surface area contributed by atoms with Gasteiger partial charge in [-0.2, -0.15) is 0 Å². The fourth-order valence-electron chi connectivity index (χ4n) is 4.67. The number of imidazole rings is 1. The lowest BCUT2D eigenvalue weighted by atomic mass is 10.1. The standard InChI is InChI=1S/C24H34N6O/c1-25-24(28-21-12-15-30(18-21)23(31)20-9-5-6-10-20)27-17-22-26-13-16-29(22)14-11-19-7-3-2-4-8-19/h2-4,7-8,13,16,20-21H,5-6,9-12,14-15,17-18H2,1H3,(H2,25,27,28). The molecule has 2 fully saturated rings. The highest BCUT2D eigenvalue weighted by Crippen LogP contribution is 2.27. The minimum Gasteiger partial charge on any atom is -0.352 e. The Labute approximate surface area is 185 Å². The van der Waals surface area contributed by atoms with Crippen LogP contribution in [0.1, 0.15) is 43.5 Å². The van der Waals surface area contributed by atoms with Gasteiger partial charge >= 0.3 is 0 Å². The normalized spacial score (nSPS) is 19.7. The summed E-state index contributed by atoms with van der Waals surface area (Å²) in [5.41, 5.74) is 1.32. The van der Waals surface area contributed by atoms with Crippen LogP contribution in [0.3, 0.4) is 0 Å². The summed E-state index contributed by atoms with van der Waals surface area (Å²) in [6.07, 6.45) is 10.3. The van der Waals surface area contributed by atoms with E-state index >= 15 is 0 Å². The number of carbonyl (C=O) groups excluding carboxylic acids is 1. The van der Waals surface area contributed by atoms with Crippen LogP contribution in [0.4, 0.5) is 0 Å². The number of carbonyl (C=O) groups is 1. The van der Waals surface area contributed by atoms with Gasteiger partial charge in [0.15, 0.2) is 5.96 Å². The molecular formula is C24H34N6O. The molecule has 1 saturated carbocycles. The Morgan fingerprint density at radius 3 is 2.77 bits per heavy atom. The van der Waals surface area contributed by atoms with Crippen LogP contribution >= 0.6 is 0 Å². The molecule has 7 heteroatoms. The van der Waals surface area contributed by atoms with Crippen molar-refractivity contribution in [1.29, 1.82) is 0 Å². The van der Waals surface area contributed by atoms with Crippen molar-refractivity contribution in [3.63, 3.8) is 0 Å². The maximum atomic E-state index is 12.7. The van der Waals surface area contributed by atoms with E-state index in [9.17, 15) is 4.79 Å². The summed E-state index contributed by atoms with van der Waals surface area (Å²) in [5, 5.41) is 6.88.